The van der Waals surface area contributed by atoms with Crippen LogP contribution < -0.4 is 10.6 Å². The van der Waals surface area contributed by atoms with Crippen molar-refractivity contribution in [2.24, 2.45) is 11.8 Å². The Morgan fingerprint density at radius 2 is 1.72 bits per heavy atom. The Kier molecular flexibility index (Phi) is 8.55. The van der Waals surface area contributed by atoms with Gasteiger partial charge >= 0.3 is 0 Å². The van der Waals surface area contributed by atoms with Gasteiger partial charge in [0.1, 0.15) is 12.1 Å². The predicted octanol–water partition coefficient (Wildman–Crippen LogP) is 0.128. The summed E-state index contributed by atoms with van der Waals surface area (Å²) in [6, 6.07) is 7.81. The van der Waals surface area contributed by atoms with Crippen LogP contribution in [0.15, 0.2) is 30.3 Å². The van der Waals surface area contributed by atoms with E-state index >= 15 is 0 Å². The van der Waals surface area contributed by atoms with Crippen LogP contribution >= 0.6 is 0 Å². The fraction of sp³-hybridized carbons (Fsp3) is 0.667. The Morgan fingerprint density at radius 3 is 2.46 bits per heavy atom. The van der Waals surface area contributed by atoms with E-state index in [4.69, 9.17) is 4.74 Å². The minimum atomic E-state index is -3.63. The molecule has 4 fully saturated rings. The minimum absolute atomic E-state index is 0.00275. The SMILES string of the molecule is C[C@H]1NC(=O)CCC[C@H]2[C@@H]3C[C@H](CN2C(=O)[C@H](Cc2ccccc2)NC1=O)CN(S(=O)(=O)N1CCOCC1)C3. The first-order valence-corrected chi connectivity index (χ1v) is 15.4. The zero-order valence-corrected chi connectivity index (χ0v) is 23.3. The maximum absolute atomic E-state index is 14.1. The monoisotopic (exact) mass is 561 g/mol. The number of carbonyl (C=O) groups is 3. The molecule has 4 aliphatic heterocycles. The average molecular weight is 562 g/mol. The summed E-state index contributed by atoms with van der Waals surface area (Å²) in [7, 11) is -3.63. The van der Waals surface area contributed by atoms with Gasteiger partial charge in [0.25, 0.3) is 10.2 Å². The lowest BCUT2D eigenvalue weighted by Crippen LogP contribution is -2.64. The number of rotatable bonds is 4. The average Bonchev–Trinajstić information content (AvgIpc) is 2.93. The van der Waals surface area contributed by atoms with Crippen molar-refractivity contribution in [2.75, 3.05) is 45.9 Å². The van der Waals surface area contributed by atoms with Gasteiger partial charge < -0.3 is 20.3 Å². The highest BCUT2D eigenvalue weighted by Gasteiger charge is 2.47. The molecule has 12 heteroatoms. The lowest BCUT2D eigenvalue weighted by molar-refractivity contribution is -0.145. The normalized spacial score (nSPS) is 31.9. The van der Waals surface area contributed by atoms with E-state index in [1.807, 2.05) is 35.2 Å². The number of carbonyl (C=O) groups excluding carboxylic acids is 3. The maximum atomic E-state index is 14.1. The van der Waals surface area contributed by atoms with Gasteiger partial charge in [-0.3, -0.25) is 14.4 Å². The third-order valence-electron chi connectivity index (χ3n) is 8.41. The molecular weight excluding hydrogens is 522 g/mol. The molecule has 0 aliphatic carbocycles. The van der Waals surface area contributed by atoms with E-state index in [-0.39, 0.29) is 36.1 Å². The molecule has 2 bridgehead atoms. The molecular formula is C27H39N5O6S. The molecule has 4 saturated heterocycles. The van der Waals surface area contributed by atoms with Gasteiger partial charge in [-0.15, -0.1) is 0 Å². The summed E-state index contributed by atoms with van der Waals surface area (Å²) >= 11 is 0. The van der Waals surface area contributed by atoms with E-state index in [2.05, 4.69) is 10.6 Å². The fourth-order valence-corrected chi connectivity index (χ4v) is 8.17. The summed E-state index contributed by atoms with van der Waals surface area (Å²) in [5.74, 6) is -0.784. The molecule has 5 rings (SSSR count). The summed E-state index contributed by atoms with van der Waals surface area (Å²) in [6.45, 7) is 4.22. The topological polar surface area (TPSA) is 128 Å². The zero-order valence-electron chi connectivity index (χ0n) is 22.5. The summed E-state index contributed by atoms with van der Waals surface area (Å²) in [4.78, 5) is 41.6. The second kappa shape index (κ2) is 11.9. The number of piperidine rings is 2. The summed E-state index contributed by atoms with van der Waals surface area (Å²) in [5.41, 5.74) is 0.927. The van der Waals surface area contributed by atoms with Crippen molar-refractivity contribution in [3.05, 3.63) is 35.9 Å². The van der Waals surface area contributed by atoms with Crippen LogP contribution in [0.25, 0.3) is 0 Å². The Morgan fingerprint density at radius 1 is 0.974 bits per heavy atom. The van der Waals surface area contributed by atoms with Gasteiger partial charge in [0.05, 0.1) is 13.2 Å². The fourth-order valence-electron chi connectivity index (χ4n) is 6.45. The molecule has 0 radical (unpaired) electrons. The van der Waals surface area contributed by atoms with Crippen LogP contribution in [0.4, 0.5) is 0 Å². The van der Waals surface area contributed by atoms with Crippen LogP contribution in [0, 0.1) is 11.8 Å². The smallest absolute Gasteiger partial charge is 0.282 e. The minimum Gasteiger partial charge on any atom is -0.379 e. The van der Waals surface area contributed by atoms with Crippen molar-refractivity contribution < 1.29 is 27.5 Å². The van der Waals surface area contributed by atoms with E-state index < -0.39 is 28.2 Å². The Bertz CT molecular complexity index is 1160. The molecule has 4 heterocycles. The van der Waals surface area contributed by atoms with Gasteiger partial charge in [-0.25, -0.2) is 0 Å². The summed E-state index contributed by atoms with van der Waals surface area (Å²) < 4.78 is 35.4. The van der Waals surface area contributed by atoms with Crippen molar-refractivity contribution in [1.29, 1.82) is 0 Å². The molecule has 0 saturated carbocycles. The van der Waals surface area contributed by atoms with E-state index in [1.54, 1.807) is 11.2 Å². The van der Waals surface area contributed by atoms with Crippen molar-refractivity contribution >= 4 is 27.9 Å². The Balaban J connectivity index is 1.41. The Hall–Kier alpha value is -2.54. The van der Waals surface area contributed by atoms with Crippen LogP contribution in [-0.2, 0) is 35.8 Å². The van der Waals surface area contributed by atoms with E-state index in [1.165, 1.54) is 4.31 Å². The van der Waals surface area contributed by atoms with Crippen LogP contribution in [0.2, 0.25) is 0 Å². The maximum Gasteiger partial charge on any atom is 0.282 e. The number of ether oxygens (including phenoxy) is 1. The number of nitrogens with zero attached hydrogens (tertiary/aromatic N) is 3. The van der Waals surface area contributed by atoms with Gasteiger partial charge in [0.2, 0.25) is 17.7 Å². The van der Waals surface area contributed by atoms with Crippen molar-refractivity contribution in [2.45, 2.75) is 57.2 Å². The number of morpholine rings is 1. The molecule has 0 spiro atoms. The molecule has 11 nitrogen and oxygen atoms in total. The van der Waals surface area contributed by atoms with Crippen molar-refractivity contribution in [1.82, 2.24) is 24.1 Å². The third-order valence-corrected chi connectivity index (χ3v) is 10.4. The van der Waals surface area contributed by atoms with Gasteiger partial charge in [0, 0.05) is 51.6 Å². The highest BCUT2D eigenvalue weighted by Crippen LogP contribution is 2.37. The molecule has 2 N–H and O–H groups in total. The number of hydrogen-bond donors (Lipinski definition) is 2. The largest absolute Gasteiger partial charge is 0.379 e. The van der Waals surface area contributed by atoms with E-state index in [0.717, 1.165) is 12.0 Å². The van der Waals surface area contributed by atoms with Crippen LogP contribution in [-0.4, -0.2) is 104 Å². The van der Waals surface area contributed by atoms with Gasteiger partial charge in [0.15, 0.2) is 0 Å². The van der Waals surface area contributed by atoms with Crippen LogP contribution in [0.5, 0.6) is 0 Å². The predicted molar refractivity (Wildman–Crippen MR) is 144 cm³/mol. The van der Waals surface area contributed by atoms with Gasteiger partial charge in [-0.05, 0) is 43.6 Å². The molecule has 5 atom stereocenters. The number of nitrogens with one attached hydrogen (secondary N) is 2. The highest BCUT2D eigenvalue weighted by atomic mass is 32.2. The molecule has 4 aliphatic rings. The Labute approximate surface area is 230 Å². The molecule has 3 amide bonds. The molecule has 0 aromatic heterocycles. The number of benzene rings is 1. The van der Waals surface area contributed by atoms with E-state index in [9.17, 15) is 22.8 Å². The first kappa shape index (κ1) is 28.0. The molecule has 0 unspecified atom stereocenters. The highest BCUT2D eigenvalue weighted by molar-refractivity contribution is 7.86. The van der Waals surface area contributed by atoms with Gasteiger partial charge in [-0.2, -0.15) is 17.0 Å². The van der Waals surface area contributed by atoms with Gasteiger partial charge in [-0.1, -0.05) is 30.3 Å². The number of hydrogen-bond acceptors (Lipinski definition) is 6. The molecule has 1 aromatic carbocycles. The second-order valence-electron chi connectivity index (χ2n) is 11.2. The lowest BCUT2D eigenvalue weighted by atomic mass is 9.78. The molecule has 214 valence electrons. The quantitative estimate of drug-likeness (QED) is 0.538. The second-order valence-corrected chi connectivity index (χ2v) is 13.1. The first-order valence-electron chi connectivity index (χ1n) is 14.0. The number of amides is 3. The van der Waals surface area contributed by atoms with E-state index in [0.29, 0.717) is 65.2 Å². The van der Waals surface area contributed by atoms with Crippen molar-refractivity contribution in [3.8, 4) is 0 Å². The lowest BCUT2D eigenvalue weighted by Gasteiger charge is -2.51. The summed E-state index contributed by atoms with van der Waals surface area (Å²) in [6.07, 6.45) is 2.57. The standard InChI is InChI=1S/C27H39N5O6S/c1-19-26(34)29-23(15-20-6-3-2-4-7-20)27(35)32-17-21-14-22(24(32)8-5-9-25(33)28-19)18-31(16-21)39(36,37)30-10-12-38-13-11-30/h2-4,6-7,19,21-24H,5,8-18H2,1H3,(H,28,33)(H,29,34)/t19-,21+,22-,23+,24+/m1/s1. The summed E-state index contributed by atoms with van der Waals surface area (Å²) in [5, 5.41) is 5.65. The molecule has 1 aromatic rings. The number of fused-ring (bicyclic) bond motifs is 4. The first-order chi connectivity index (χ1) is 18.7. The third kappa shape index (κ3) is 6.29. The van der Waals surface area contributed by atoms with Crippen LogP contribution in [0.3, 0.4) is 0 Å². The zero-order chi connectivity index (χ0) is 27.6. The van der Waals surface area contributed by atoms with Crippen molar-refractivity contribution in [3.63, 3.8) is 0 Å². The molecule has 39 heavy (non-hydrogen) atoms. The van der Waals surface area contributed by atoms with Crippen LogP contribution in [0.1, 0.15) is 38.2 Å².